The third-order valence-electron chi connectivity index (χ3n) is 2.88. The number of aromatic nitrogens is 4. The fraction of sp³-hybridized carbons (Fsp3) is 0.545. The van der Waals surface area contributed by atoms with Crippen molar-refractivity contribution in [2.24, 2.45) is 0 Å². The second kappa shape index (κ2) is 6.60. The molecular formula is C11H18N6O2S2. The Morgan fingerprint density at radius 2 is 2.24 bits per heavy atom. The van der Waals surface area contributed by atoms with E-state index in [1.807, 2.05) is 13.8 Å². The largest absolute Gasteiger partial charge is 0.312 e. The van der Waals surface area contributed by atoms with Gasteiger partial charge in [-0.2, -0.15) is 9.94 Å². The van der Waals surface area contributed by atoms with Crippen LogP contribution in [0.25, 0.3) is 0 Å². The highest BCUT2D eigenvalue weighted by atomic mass is 32.2. The van der Waals surface area contributed by atoms with Gasteiger partial charge in [-0.15, -0.1) is 21.5 Å². The minimum Gasteiger partial charge on any atom is -0.312 e. The molecule has 0 spiro atoms. The Balaban J connectivity index is 2.16. The second-order valence-electron chi connectivity index (χ2n) is 4.56. The molecule has 116 valence electrons. The van der Waals surface area contributed by atoms with Gasteiger partial charge in [0.2, 0.25) is 0 Å². The molecule has 21 heavy (non-hydrogen) atoms. The Bertz CT molecular complexity index is 680. The summed E-state index contributed by atoms with van der Waals surface area (Å²) in [5, 5.41) is 16.5. The number of rotatable bonds is 7. The highest BCUT2D eigenvalue weighted by Crippen LogP contribution is 2.26. The van der Waals surface area contributed by atoms with Crippen LogP contribution >= 0.6 is 11.3 Å². The SMILES string of the molecule is CCNCc1sc(S(=O)(=O)NC(C)c2nn[nH]n2)cc1C. The molecule has 2 aromatic heterocycles. The summed E-state index contributed by atoms with van der Waals surface area (Å²) in [6, 6.07) is 1.14. The number of aryl methyl sites for hydroxylation is 1. The molecule has 2 aromatic rings. The van der Waals surface area contributed by atoms with E-state index >= 15 is 0 Å². The maximum absolute atomic E-state index is 12.4. The van der Waals surface area contributed by atoms with Crippen LogP contribution < -0.4 is 10.0 Å². The van der Waals surface area contributed by atoms with Gasteiger partial charge >= 0.3 is 0 Å². The van der Waals surface area contributed by atoms with E-state index in [0.717, 1.165) is 17.0 Å². The van der Waals surface area contributed by atoms with Crippen molar-refractivity contribution in [3.8, 4) is 0 Å². The van der Waals surface area contributed by atoms with E-state index in [9.17, 15) is 8.42 Å². The molecular weight excluding hydrogens is 312 g/mol. The highest BCUT2D eigenvalue weighted by Gasteiger charge is 2.23. The van der Waals surface area contributed by atoms with Crippen LogP contribution in [-0.2, 0) is 16.6 Å². The lowest BCUT2D eigenvalue weighted by Gasteiger charge is -2.09. The summed E-state index contributed by atoms with van der Waals surface area (Å²) < 4.78 is 27.6. The maximum atomic E-state index is 12.4. The van der Waals surface area contributed by atoms with E-state index < -0.39 is 16.1 Å². The van der Waals surface area contributed by atoms with Gasteiger partial charge in [0.1, 0.15) is 4.21 Å². The number of nitrogens with zero attached hydrogens (tertiary/aromatic N) is 3. The normalized spacial score (nSPS) is 13.5. The van der Waals surface area contributed by atoms with Crippen LogP contribution in [0, 0.1) is 6.92 Å². The summed E-state index contributed by atoms with van der Waals surface area (Å²) in [5.74, 6) is 0.305. The fourth-order valence-corrected chi connectivity index (χ4v) is 4.51. The Hall–Kier alpha value is -1.36. The molecule has 3 N–H and O–H groups in total. The molecule has 0 saturated carbocycles. The average Bonchev–Trinajstić information content (AvgIpc) is 3.05. The molecule has 0 amide bonds. The fourth-order valence-electron chi connectivity index (χ4n) is 1.73. The molecule has 1 unspecified atom stereocenters. The van der Waals surface area contributed by atoms with Gasteiger partial charge in [-0.1, -0.05) is 12.1 Å². The van der Waals surface area contributed by atoms with Gasteiger partial charge in [-0.05, 0) is 32.0 Å². The standard InChI is InChI=1S/C11H18N6O2S2/c1-4-12-6-9-7(2)5-10(20-9)21(18,19)15-8(3)11-13-16-17-14-11/h5,8,12,15H,4,6H2,1-3H3,(H,13,14,16,17). The van der Waals surface area contributed by atoms with E-state index in [-0.39, 0.29) is 0 Å². The predicted molar refractivity (Wildman–Crippen MR) is 79.4 cm³/mol. The van der Waals surface area contributed by atoms with Crippen LogP contribution in [0.3, 0.4) is 0 Å². The summed E-state index contributed by atoms with van der Waals surface area (Å²) in [7, 11) is -3.59. The zero-order valence-corrected chi connectivity index (χ0v) is 13.7. The summed E-state index contributed by atoms with van der Waals surface area (Å²) in [5.41, 5.74) is 0.966. The molecule has 0 aliphatic heterocycles. The number of hydrogen-bond donors (Lipinski definition) is 3. The van der Waals surface area contributed by atoms with Gasteiger partial charge in [-0.3, -0.25) is 0 Å². The van der Waals surface area contributed by atoms with Crippen LogP contribution in [0.15, 0.2) is 10.3 Å². The summed E-state index contributed by atoms with van der Waals surface area (Å²) >= 11 is 1.27. The molecule has 0 radical (unpaired) electrons. The Labute approximate surface area is 127 Å². The smallest absolute Gasteiger partial charge is 0.250 e. The highest BCUT2D eigenvalue weighted by molar-refractivity contribution is 7.91. The summed E-state index contributed by atoms with van der Waals surface area (Å²) in [6.45, 7) is 7.09. The maximum Gasteiger partial charge on any atom is 0.250 e. The van der Waals surface area contributed by atoms with Gasteiger partial charge in [0.05, 0.1) is 6.04 Å². The predicted octanol–water partition coefficient (Wildman–Crippen LogP) is 0.719. The lowest BCUT2D eigenvalue weighted by molar-refractivity contribution is 0.562. The number of H-pyrrole nitrogens is 1. The van der Waals surface area contributed by atoms with Crippen molar-refractivity contribution in [2.45, 2.75) is 37.6 Å². The number of sulfonamides is 1. The minimum atomic E-state index is -3.59. The van der Waals surface area contributed by atoms with Crippen molar-refractivity contribution < 1.29 is 8.42 Å². The molecule has 10 heteroatoms. The van der Waals surface area contributed by atoms with E-state index in [1.165, 1.54) is 11.3 Å². The lowest BCUT2D eigenvalue weighted by Crippen LogP contribution is -2.27. The van der Waals surface area contributed by atoms with Crippen molar-refractivity contribution in [3.63, 3.8) is 0 Å². The van der Waals surface area contributed by atoms with Crippen LogP contribution in [-0.4, -0.2) is 35.6 Å². The molecule has 0 fully saturated rings. The van der Waals surface area contributed by atoms with Crippen molar-refractivity contribution in [1.29, 1.82) is 0 Å². The van der Waals surface area contributed by atoms with Crippen LogP contribution in [0.5, 0.6) is 0 Å². The molecule has 0 aromatic carbocycles. The van der Waals surface area contributed by atoms with Gasteiger partial charge < -0.3 is 5.32 Å². The summed E-state index contributed by atoms with van der Waals surface area (Å²) in [6.07, 6.45) is 0. The van der Waals surface area contributed by atoms with E-state index in [1.54, 1.807) is 13.0 Å². The van der Waals surface area contributed by atoms with Gasteiger partial charge in [0.25, 0.3) is 10.0 Å². The first kappa shape index (κ1) is 16.0. The van der Waals surface area contributed by atoms with Gasteiger partial charge in [-0.25, -0.2) is 8.42 Å². The Kier molecular flexibility index (Phi) is 5.04. The molecule has 0 saturated heterocycles. The molecule has 0 bridgehead atoms. The molecule has 1 atom stereocenters. The third-order valence-corrected chi connectivity index (χ3v) is 6.13. The van der Waals surface area contributed by atoms with Crippen LogP contribution in [0.2, 0.25) is 0 Å². The Morgan fingerprint density at radius 1 is 1.48 bits per heavy atom. The van der Waals surface area contributed by atoms with Crippen molar-refractivity contribution in [1.82, 2.24) is 30.7 Å². The monoisotopic (exact) mass is 330 g/mol. The lowest BCUT2D eigenvalue weighted by atomic mass is 10.3. The van der Waals surface area contributed by atoms with Crippen LogP contribution in [0.4, 0.5) is 0 Å². The number of tetrazole rings is 1. The molecule has 2 rings (SSSR count). The molecule has 0 aliphatic rings. The number of nitrogens with one attached hydrogen (secondary N) is 3. The number of aromatic amines is 1. The zero-order chi connectivity index (χ0) is 15.5. The minimum absolute atomic E-state index is 0.295. The quantitative estimate of drug-likeness (QED) is 0.689. The van der Waals surface area contributed by atoms with Gasteiger partial charge in [0, 0.05) is 11.4 Å². The van der Waals surface area contributed by atoms with E-state index in [2.05, 4.69) is 30.7 Å². The van der Waals surface area contributed by atoms with Crippen molar-refractivity contribution >= 4 is 21.4 Å². The van der Waals surface area contributed by atoms with Crippen molar-refractivity contribution in [3.05, 3.63) is 22.3 Å². The average molecular weight is 330 g/mol. The topological polar surface area (TPSA) is 113 Å². The first-order valence-electron chi connectivity index (χ1n) is 6.49. The van der Waals surface area contributed by atoms with Gasteiger partial charge in [0.15, 0.2) is 5.82 Å². The Morgan fingerprint density at radius 3 is 2.86 bits per heavy atom. The molecule has 2 heterocycles. The first-order chi connectivity index (χ1) is 9.94. The second-order valence-corrected chi connectivity index (χ2v) is 7.64. The first-order valence-corrected chi connectivity index (χ1v) is 8.79. The number of hydrogen-bond acceptors (Lipinski definition) is 7. The van der Waals surface area contributed by atoms with Crippen LogP contribution in [0.1, 0.15) is 36.2 Å². The van der Waals surface area contributed by atoms with E-state index in [4.69, 9.17) is 0 Å². The third kappa shape index (κ3) is 3.84. The number of thiophene rings is 1. The zero-order valence-electron chi connectivity index (χ0n) is 12.0. The van der Waals surface area contributed by atoms with Crippen molar-refractivity contribution in [2.75, 3.05) is 6.54 Å². The van der Waals surface area contributed by atoms with E-state index in [0.29, 0.717) is 16.6 Å². The summed E-state index contributed by atoms with van der Waals surface area (Å²) in [4.78, 5) is 1.02. The molecule has 8 nitrogen and oxygen atoms in total. The molecule has 0 aliphatic carbocycles.